The molecule has 2 rings (SSSR count). The van der Waals surface area contributed by atoms with E-state index < -0.39 is 0 Å². The third-order valence-corrected chi connectivity index (χ3v) is 3.74. The number of rotatable bonds is 4. The number of hydrogen-bond acceptors (Lipinski definition) is 2. The van der Waals surface area contributed by atoms with E-state index in [0.29, 0.717) is 6.04 Å². The zero-order valence-corrected chi connectivity index (χ0v) is 11.1. The summed E-state index contributed by atoms with van der Waals surface area (Å²) in [7, 11) is 2.07. The summed E-state index contributed by atoms with van der Waals surface area (Å²) in [5.74, 6) is 0. The van der Waals surface area contributed by atoms with Crippen molar-refractivity contribution in [2.45, 2.75) is 38.6 Å². The first-order chi connectivity index (χ1) is 8.33. The first-order valence-corrected chi connectivity index (χ1v) is 6.84. The molecule has 0 saturated carbocycles. The van der Waals surface area contributed by atoms with Gasteiger partial charge in [-0.05, 0) is 44.0 Å². The van der Waals surface area contributed by atoms with Gasteiger partial charge in [-0.3, -0.25) is 0 Å². The lowest BCUT2D eigenvalue weighted by atomic mass is 10.0. The quantitative estimate of drug-likeness (QED) is 0.858. The third kappa shape index (κ3) is 3.22. The van der Waals surface area contributed by atoms with E-state index in [9.17, 15) is 0 Å². The monoisotopic (exact) mass is 232 g/mol. The van der Waals surface area contributed by atoms with E-state index >= 15 is 0 Å². The summed E-state index contributed by atoms with van der Waals surface area (Å²) in [6.45, 7) is 4.59. The van der Waals surface area contributed by atoms with Gasteiger partial charge in [0.1, 0.15) is 0 Å². The number of aryl methyl sites for hydroxylation is 1. The van der Waals surface area contributed by atoms with Gasteiger partial charge in [0.2, 0.25) is 0 Å². The van der Waals surface area contributed by atoms with Crippen LogP contribution in [0.4, 0.5) is 5.69 Å². The smallest absolute Gasteiger partial charge is 0.0366 e. The molecule has 0 amide bonds. The second-order valence-corrected chi connectivity index (χ2v) is 4.97. The molecule has 1 aliphatic heterocycles. The fraction of sp³-hybridized carbons (Fsp3) is 0.600. The lowest BCUT2D eigenvalue weighted by molar-refractivity contribution is 0.442. The predicted molar refractivity (Wildman–Crippen MR) is 74.7 cm³/mol. The van der Waals surface area contributed by atoms with Crippen LogP contribution in [-0.2, 0) is 6.42 Å². The summed E-state index contributed by atoms with van der Waals surface area (Å²) in [4.78, 5) is 2.50. The minimum Gasteiger partial charge on any atom is -0.371 e. The summed E-state index contributed by atoms with van der Waals surface area (Å²) in [6, 6.07) is 9.84. The molecule has 0 bridgehead atoms. The number of hydrogen-bond donors (Lipinski definition) is 1. The third-order valence-electron chi connectivity index (χ3n) is 3.74. The van der Waals surface area contributed by atoms with Crippen LogP contribution in [0, 0.1) is 0 Å². The van der Waals surface area contributed by atoms with E-state index in [-0.39, 0.29) is 0 Å². The van der Waals surface area contributed by atoms with E-state index in [4.69, 9.17) is 0 Å². The summed E-state index contributed by atoms with van der Waals surface area (Å²) in [6.07, 6.45) is 4.94. The Balaban J connectivity index is 1.94. The Kier molecular flexibility index (Phi) is 4.43. The van der Waals surface area contributed by atoms with Crippen LogP contribution in [0.15, 0.2) is 24.3 Å². The van der Waals surface area contributed by atoms with Crippen molar-refractivity contribution in [3.05, 3.63) is 29.8 Å². The van der Waals surface area contributed by atoms with E-state index in [2.05, 4.69) is 48.5 Å². The molecule has 1 saturated heterocycles. The van der Waals surface area contributed by atoms with E-state index in [1.165, 1.54) is 50.0 Å². The molecule has 1 aromatic carbocycles. The van der Waals surface area contributed by atoms with Gasteiger partial charge in [0.25, 0.3) is 0 Å². The summed E-state index contributed by atoms with van der Waals surface area (Å²) in [5, 5.41) is 3.38. The predicted octanol–water partition coefficient (Wildman–Crippen LogP) is 2.83. The Morgan fingerprint density at radius 3 is 2.35 bits per heavy atom. The molecule has 0 spiro atoms. The topological polar surface area (TPSA) is 15.3 Å². The van der Waals surface area contributed by atoms with E-state index in [0.717, 1.165) is 0 Å². The van der Waals surface area contributed by atoms with Gasteiger partial charge in [-0.15, -0.1) is 0 Å². The Morgan fingerprint density at radius 1 is 1.18 bits per heavy atom. The van der Waals surface area contributed by atoms with Crippen molar-refractivity contribution < 1.29 is 0 Å². The Bertz CT molecular complexity index is 323. The lowest BCUT2D eigenvalue weighted by Gasteiger charge is -2.33. The molecule has 1 heterocycles. The van der Waals surface area contributed by atoms with Crippen LogP contribution in [0.5, 0.6) is 0 Å². The average Bonchev–Trinajstić information content (AvgIpc) is 2.40. The van der Waals surface area contributed by atoms with Crippen molar-refractivity contribution in [1.82, 2.24) is 5.32 Å². The minimum absolute atomic E-state index is 0.714. The van der Waals surface area contributed by atoms with Gasteiger partial charge in [-0.1, -0.05) is 25.5 Å². The van der Waals surface area contributed by atoms with Crippen LogP contribution in [0.25, 0.3) is 0 Å². The SMILES string of the molecule is CCCc1ccc(N2CCC(NC)CC2)cc1. The molecule has 0 atom stereocenters. The summed E-state index contributed by atoms with van der Waals surface area (Å²) in [5.41, 5.74) is 2.85. The molecule has 0 aromatic heterocycles. The molecule has 1 fully saturated rings. The van der Waals surface area contributed by atoms with Crippen LogP contribution in [0.3, 0.4) is 0 Å². The zero-order valence-electron chi connectivity index (χ0n) is 11.1. The highest BCUT2D eigenvalue weighted by Gasteiger charge is 2.17. The standard InChI is InChI=1S/C15H24N2/c1-3-4-13-5-7-15(8-6-13)17-11-9-14(16-2)10-12-17/h5-8,14,16H,3-4,9-12H2,1-2H3. The number of nitrogens with zero attached hydrogens (tertiary/aromatic N) is 1. The zero-order chi connectivity index (χ0) is 12.1. The normalized spacial score (nSPS) is 17.4. The van der Waals surface area contributed by atoms with Crippen LogP contribution in [0.2, 0.25) is 0 Å². The fourth-order valence-corrected chi connectivity index (χ4v) is 2.59. The van der Waals surface area contributed by atoms with Crippen molar-refractivity contribution in [1.29, 1.82) is 0 Å². The Hall–Kier alpha value is -1.02. The molecule has 1 N–H and O–H groups in total. The molecule has 1 aliphatic rings. The Labute approximate surface area is 105 Å². The van der Waals surface area contributed by atoms with Gasteiger partial charge in [-0.25, -0.2) is 0 Å². The molecule has 0 aliphatic carbocycles. The highest BCUT2D eigenvalue weighted by Crippen LogP contribution is 2.20. The maximum absolute atomic E-state index is 3.38. The van der Waals surface area contributed by atoms with Crippen LogP contribution in [0.1, 0.15) is 31.7 Å². The highest BCUT2D eigenvalue weighted by molar-refractivity contribution is 5.48. The van der Waals surface area contributed by atoms with Crippen molar-refractivity contribution >= 4 is 5.69 Å². The number of nitrogens with one attached hydrogen (secondary N) is 1. The molecular weight excluding hydrogens is 208 g/mol. The van der Waals surface area contributed by atoms with Crippen molar-refractivity contribution in [2.75, 3.05) is 25.0 Å². The summed E-state index contributed by atoms with van der Waals surface area (Å²) < 4.78 is 0. The molecule has 17 heavy (non-hydrogen) atoms. The largest absolute Gasteiger partial charge is 0.371 e. The number of anilines is 1. The Morgan fingerprint density at radius 2 is 1.82 bits per heavy atom. The second-order valence-electron chi connectivity index (χ2n) is 4.97. The van der Waals surface area contributed by atoms with Gasteiger partial charge >= 0.3 is 0 Å². The van der Waals surface area contributed by atoms with Crippen LogP contribution >= 0.6 is 0 Å². The molecule has 2 nitrogen and oxygen atoms in total. The highest BCUT2D eigenvalue weighted by atomic mass is 15.1. The molecule has 0 unspecified atom stereocenters. The summed E-state index contributed by atoms with van der Waals surface area (Å²) >= 11 is 0. The maximum atomic E-state index is 3.38. The maximum Gasteiger partial charge on any atom is 0.0366 e. The lowest BCUT2D eigenvalue weighted by Crippen LogP contribution is -2.41. The van der Waals surface area contributed by atoms with Gasteiger partial charge in [-0.2, -0.15) is 0 Å². The van der Waals surface area contributed by atoms with Gasteiger partial charge < -0.3 is 10.2 Å². The number of benzene rings is 1. The van der Waals surface area contributed by atoms with Gasteiger partial charge in [0.15, 0.2) is 0 Å². The molecule has 0 radical (unpaired) electrons. The molecule has 2 heteroatoms. The minimum atomic E-state index is 0.714. The first kappa shape index (κ1) is 12.4. The number of piperidine rings is 1. The first-order valence-electron chi connectivity index (χ1n) is 6.84. The van der Waals surface area contributed by atoms with Crippen LogP contribution < -0.4 is 10.2 Å². The van der Waals surface area contributed by atoms with Crippen LogP contribution in [-0.4, -0.2) is 26.2 Å². The van der Waals surface area contributed by atoms with E-state index in [1.807, 2.05) is 0 Å². The van der Waals surface area contributed by atoms with Gasteiger partial charge in [0, 0.05) is 24.8 Å². The van der Waals surface area contributed by atoms with E-state index in [1.54, 1.807) is 0 Å². The average molecular weight is 232 g/mol. The van der Waals surface area contributed by atoms with Gasteiger partial charge in [0.05, 0.1) is 0 Å². The van der Waals surface area contributed by atoms with Crippen molar-refractivity contribution in [3.63, 3.8) is 0 Å². The fourth-order valence-electron chi connectivity index (χ4n) is 2.59. The van der Waals surface area contributed by atoms with Crippen molar-refractivity contribution in [3.8, 4) is 0 Å². The van der Waals surface area contributed by atoms with Crippen molar-refractivity contribution in [2.24, 2.45) is 0 Å². The molecular formula is C15H24N2. The second kappa shape index (κ2) is 6.06. The molecule has 1 aromatic rings. The molecule has 94 valence electrons.